The van der Waals surface area contributed by atoms with Crippen LogP contribution in [0.1, 0.15) is 5.69 Å². The number of nitrogens with one attached hydrogen (secondary N) is 1. The number of halogens is 1. The van der Waals surface area contributed by atoms with Gasteiger partial charge in [0.2, 0.25) is 0 Å². The monoisotopic (exact) mass is 313 g/mol. The van der Waals surface area contributed by atoms with Gasteiger partial charge in [-0.2, -0.15) is 5.10 Å². The van der Waals surface area contributed by atoms with Crippen LogP contribution in [0.4, 0.5) is 4.39 Å². The molecule has 0 aliphatic heterocycles. The first-order chi connectivity index (χ1) is 11.1. The molecule has 0 atom stereocenters. The van der Waals surface area contributed by atoms with Crippen molar-refractivity contribution in [3.05, 3.63) is 52.6 Å². The molecule has 0 saturated carbocycles. The SMILES string of the molecule is COc1ccc(-n2cc3[nH]c(=O)n4c(C)cnc4c3n2)c(F)c1. The molecule has 4 rings (SSSR count). The van der Waals surface area contributed by atoms with E-state index in [-0.39, 0.29) is 11.4 Å². The van der Waals surface area contributed by atoms with Crippen LogP contribution >= 0.6 is 0 Å². The van der Waals surface area contributed by atoms with Crippen LogP contribution in [0.25, 0.3) is 22.4 Å². The van der Waals surface area contributed by atoms with Crippen molar-refractivity contribution in [1.82, 2.24) is 24.1 Å². The number of aromatic nitrogens is 5. The van der Waals surface area contributed by atoms with Crippen molar-refractivity contribution in [2.45, 2.75) is 6.92 Å². The zero-order chi connectivity index (χ0) is 16.1. The summed E-state index contributed by atoms with van der Waals surface area (Å²) in [4.78, 5) is 19.1. The van der Waals surface area contributed by atoms with Gasteiger partial charge in [-0.3, -0.25) is 0 Å². The summed E-state index contributed by atoms with van der Waals surface area (Å²) in [6.45, 7) is 1.78. The Balaban J connectivity index is 1.99. The smallest absolute Gasteiger partial charge is 0.332 e. The van der Waals surface area contributed by atoms with Gasteiger partial charge in [-0.15, -0.1) is 0 Å². The second kappa shape index (κ2) is 4.67. The molecular formula is C15H12FN5O2. The van der Waals surface area contributed by atoms with Crippen LogP contribution in [0, 0.1) is 12.7 Å². The first kappa shape index (κ1) is 13.5. The van der Waals surface area contributed by atoms with Gasteiger partial charge in [-0.1, -0.05) is 0 Å². The minimum Gasteiger partial charge on any atom is -0.497 e. The van der Waals surface area contributed by atoms with Gasteiger partial charge in [0.15, 0.2) is 17.0 Å². The van der Waals surface area contributed by atoms with Gasteiger partial charge in [0, 0.05) is 18.0 Å². The van der Waals surface area contributed by atoms with Crippen LogP contribution in [0.15, 0.2) is 35.4 Å². The number of rotatable bonds is 2. The number of nitrogens with zero attached hydrogens (tertiary/aromatic N) is 4. The highest BCUT2D eigenvalue weighted by Gasteiger charge is 2.14. The van der Waals surface area contributed by atoms with Crippen LogP contribution in [-0.4, -0.2) is 31.3 Å². The van der Waals surface area contributed by atoms with E-state index in [1.165, 1.54) is 22.3 Å². The predicted molar refractivity (Wildman–Crippen MR) is 81.7 cm³/mol. The maximum atomic E-state index is 14.2. The second-order valence-corrected chi connectivity index (χ2v) is 5.14. The molecule has 8 heteroatoms. The fraction of sp³-hybridized carbons (Fsp3) is 0.133. The molecule has 0 fully saturated rings. The van der Waals surface area contributed by atoms with Gasteiger partial charge in [-0.05, 0) is 19.1 Å². The number of imidazole rings is 1. The zero-order valence-electron chi connectivity index (χ0n) is 12.4. The molecule has 0 saturated heterocycles. The highest BCUT2D eigenvalue weighted by molar-refractivity contribution is 5.87. The Labute approximate surface area is 129 Å². The number of hydrogen-bond acceptors (Lipinski definition) is 4. The van der Waals surface area contributed by atoms with Crippen LogP contribution in [0.5, 0.6) is 5.75 Å². The minimum absolute atomic E-state index is 0.254. The average Bonchev–Trinajstić information content (AvgIpc) is 3.11. The molecule has 0 radical (unpaired) electrons. The molecule has 3 aromatic heterocycles. The number of aromatic amines is 1. The van der Waals surface area contributed by atoms with Crippen molar-refractivity contribution in [2.24, 2.45) is 0 Å². The van der Waals surface area contributed by atoms with E-state index in [1.807, 2.05) is 0 Å². The Morgan fingerprint density at radius 3 is 2.91 bits per heavy atom. The topological polar surface area (TPSA) is 77.2 Å². The summed E-state index contributed by atoms with van der Waals surface area (Å²) in [6.07, 6.45) is 3.16. The third-order valence-electron chi connectivity index (χ3n) is 3.71. The lowest BCUT2D eigenvalue weighted by atomic mass is 10.3. The van der Waals surface area contributed by atoms with E-state index < -0.39 is 5.82 Å². The maximum Gasteiger partial charge on any atom is 0.332 e. The van der Waals surface area contributed by atoms with Crippen LogP contribution < -0.4 is 10.4 Å². The number of H-pyrrole nitrogens is 1. The first-order valence-electron chi connectivity index (χ1n) is 6.88. The lowest BCUT2D eigenvalue weighted by Gasteiger charge is -2.04. The molecule has 0 amide bonds. The molecule has 3 heterocycles. The van der Waals surface area contributed by atoms with Gasteiger partial charge in [0.1, 0.15) is 11.4 Å². The fourth-order valence-corrected chi connectivity index (χ4v) is 2.59. The van der Waals surface area contributed by atoms with Gasteiger partial charge in [-0.25, -0.2) is 23.3 Å². The standard InChI is InChI=1S/C15H12FN5O2/c1-8-6-17-14-13-11(18-15(22)21(8)14)7-20(19-13)12-4-3-9(23-2)5-10(12)16/h3-7H,1-2H3,(H,18,22). The van der Waals surface area contributed by atoms with Crippen molar-refractivity contribution in [3.8, 4) is 11.4 Å². The quantitative estimate of drug-likeness (QED) is 0.612. The number of benzene rings is 1. The lowest BCUT2D eigenvalue weighted by molar-refractivity contribution is 0.411. The Bertz CT molecular complexity index is 1110. The third-order valence-corrected chi connectivity index (χ3v) is 3.71. The first-order valence-corrected chi connectivity index (χ1v) is 6.88. The number of methoxy groups -OCH3 is 1. The average molecular weight is 313 g/mol. The summed E-state index contributed by atoms with van der Waals surface area (Å²) in [7, 11) is 1.47. The Kier molecular flexibility index (Phi) is 2.74. The molecule has 1 aromatic carbocycles. The second-order valence-electron chi connectivity index (χ2n) is 5.14. The Morgan fingerprint density at radius 1 is 1.35 bits per heavy atom. The highest BCUT2D eigenvalue weighted by Crippen LogP contribution is 2.22. The largest absolute Gasteiger partial charge is 0.497 e. The van der Waals surface area contributed by atoms with E-state index in [1.54, 1.807) is 31.5 Å². The van der Waals surface area contributed by atoms with E-state index in [9.17, 15) is 9.18 Å². The summed E-state index contributed by atoms with van der Waals surface area (Å²) >= 11 is 0. The molecule has 23 heavy (non-hydrogen) atoms. The van der Waals surface area contributed by atoms with E-state index in [0.717, 1.165) is 0 Å². The summed E-state index contributed by atoms with van der Waals surface area (Å²) in [5.74, 6) is -0.0577. The molecule has 0 unspecified atom stereocenters. The Hall–Kier alpha value is -3.16. The van der Waals surface area contributed by atoms with Crippen molar-refractivity contribution >= 4 is 16.7 Å². The van der Waals surface area contributed by atoms with Crippen molar-refractivity contribution < 1.29 is 9.13 Å². The van der Waals surface area contributed by atoms with Gasteiger partial charge >= 0.3 is 5.69 Å². The summed E-state index contributed by atoms with van der Waals surface area (Å²) in [5.41, 5.74) is 2.07. The molecule has 7 nitrogen and oxygen atoms in total. The number of hydrogen-bond donors (Lipinski definition) is 1. The summed E-state index contributed by atoms with van der Waals surface area (Å²) in [5, 5.41) is 4.36. The predicted octanol–water partition coefficient (Wildman–Crippen LogP) is 1.82. The van der Waals surface area contributed by atoms with E-state index in [4.69, 9.17) is 4.74 Å². The molecule has 0 aliphatic rings. The zero-order valence-corrected chi connectivity index (χ0v) is 12.4. The van der Waals surface area contributed by atoms with Crippen LogP contribution in [-0.2, 0) is 0 Å². The maximum absolute atomic E-state index is 14.2. The van der Waals surface area contributed by atoms with E-state index >= 15 is 0 Å². The van der Waals surface area contributed by atoms with Crippen molar-refractivity contribution in [1.29, 1.82) is 0 Å². The van der Waals surface area contributed by atoms with Crippen LogP contribution in [0.2, 0.25) is 0 Å². The van der Waals surface area contributed by atoms with Gasteiger partial charge in [0.05, 0.1) is 18.8 Å². The highest BCUT2D eigenvalue weighted by atomic mass is 19.1. The number of ether oxygens (including phenoxy) is 1. The third kappa shape index (κ3) is 1.91. The van der Waals surface area contributed by atoms with Crippen LogP contribution in [0.3, 0.4) is 0 Å². The lowest BCUT2D eigenvalue weighted by Crippen LogP contribution is -2.16. The van der Waals surface area contributed by atoms with Gasteiger partial charge < -0.3 is 9.72 Å². The number of fused-ring (bicyclic) bond motifs is 3. The summed E-state index contributed by atoms with van der Waals surface area (Å²) < 4.78 is 22.0. The minimum atomic E-state index is -0.477. The van der Waals surface area contributed by atoms with Crippen molar-refractivity contribution in [3.63, 3.8) is 0 Å². The van der Waals surface area contributed by atoms with E-state index in [0.29, 0.717) is 28.1 Å². The molecular weight excluding hydrogens is 301 g/mol. The molecule has 1 N–H and O–H groups in total. The van der Waals surface area contributed by atoms with E-state index in [2.05, 4.69) is 15.1 Å². The molecule has 116 valence electrons. The fourth-order valence-electron chi connectivity index (χ4n) is 2.59. The van der Waals surface area contributed by atoms with Crippen molar-refractivity contribution in [2.75, 3.05) is 7.11 Å². The van der Waals surface area contributed by atoms with Gasteiger partial charge in [0.25, 0.3) is 0 Å². The molecule has 0 bridgehead atoms. The molecule has 0 aliphatic carbocycles. The normalized spacial score (nSPS) is 11.4. The molecule has 4 aromatic rings. The number of aryl methyl sites for hydroxylation is 1. The molecule has 0 spiro atoms. The summed E-state index contributed by atoms with van der Waals surface area (Å²) in [6, 6.07) is 4.48. The Morgan fingerprint density at radius 2 is 2.17 bits per heavy atom.